The number of allylic oxidation sites excluding steroid dienone is 4. The Hall–Kier alpha value is -1.53. The predicted molar refractivity (Wildman–Crippen MR) is 118 cm³/mol. The Morgan fingerprint density at radius 1 is 1.31 bits per heavy atom. The van der Waals surface area contributed by atoms with Crippen LogP contribution in [0.15, 0.2) is 23.8 Å². The van der Waals surface area contributed by atoms with Crippen molar-refractivity contribution in [2.45, 2.75) is 77.2 Å². The first-order chi connectivity index (χ1) is 14.9. The third kappa shape index (κ3) is 2.68. The minimum Gasteiger partial charge on any atom is -0.450 e. The van der Waals surface area contributed by atoms with Gasteiger partial charge in [0.2, 0.25) is 0 Å². The molecule has 0 saturated heterocycles. The Balaban J connectivity index is 1.85. The van der Waals surface area contributed by atoms with Crippen LogP contribution in [-0.2, 0) is 19.1 Å². The van der Waals surface area contributed by atoms with E-state index in [4.69, 9.17) is 16.3 Å². The molecule has 1 N–H and O–H groups in total. The molecule has 3 fully saturated rings. The van der Waals surface area contributed by atoms with Crippen LogP contribution in [0.3, 0.4) is 0 Å². The average Bonchev–Trinajstić information content (AvgIpc) is 2.96. The first-order valence-electron chi connectivity index (χ1n) is 11.5. The van der Waals surface area contributed by atoms with Gasteiger partial charge in [0.05, 0.1) is 12.0 Å². The van der Waals surface area contributed by atoms with Crippen LogP contribution >= 0.6 is 11.6 Å². The summed E-state index contributed by atoms with van der Waals surface area (Å²) in [5, 5.41) is 11.4. The number of ketones is 2. The molecule has 4 aliphatic carbocycles. The lowest BCUT2D eigenvalue weighted by Crippen LogP contribution is -2.70. The van der Waals surface area contributed by atoms with E-state index >= 15 is 4.39 Å². The summed E-state index contributed by atoms with van der Waals surface area (Å²) in [5.41, 5.74) is -4.83. The Kier molecular flexibility index (Phi) is 5.53. The molecule has 176 valence electrons. The summed E-state index contributed by atoms with van der Waals surface area (Å²) >= 11 is 6.01. The van der Waals surface area contributed by atoms with E-state index in [1.165, 1.54) is 12.2 Å². The largest absolute Gasteiger partial charge is 0.450 e. The van der Waals surface area contributed by atoms with Gasteiger partial charge in [-0.3, -0.25) is 14.4 Å². The summed E-state index contributed by atoms with van der Waals surface area (Å²) in [6, 6.07) is 0. The fourth-order valence-electron chi connectivity index (χ4n) is 7.75. The maximum atomic E-state index is 17.2. The van der Waals surface area contributed by atoms with Crippen molar-refractivity contribution in [3.05, 3.63) is 23.8 Å². The molecule has 0 amide bonds. The number of carbonyl (C=O) groups is 3. The predicted octanol–water partition coefficient (Wildman–Crippen LogP) is 4.10. The molecule has 0 aliphatic heterocycles. The summed E-state index contributed by atoms with van der Waals surface area (Å²) in [4.78, 5) is 37.7. The zero-order valence-corrected chi connectivity index (χ0v) is 19.9. The van der Waals surface area contributed by atoms with Crippen LogP contribution in [-0.4, -0.2) is 45.9 Å². The van der Waals surface area contributed by atoms with Crippen molar-refractivity contribution in [2.24, 2.45) is 28.6 Å². The molecule has 5 nitrogen and oxygen atoms in total. The molecule has 3 saturated carbocycles. The molecule has 0 spiro atoms. The maximum absolute atomic E-state index is 17.2. The summed E-state index contributed by atoms with van der Waals surface area (Å²) in [6.07, 6.45) is 4.67. The number of esters is 1. The van der Waals surface area contributed by atoms with Crippen LogP contribution in [0.25, 0.3) is 0 Å². The normalized spacial score (nSPS) is 47.2. The second-order valence-corrected chi connectivity index (χ2v) is 10.8. The number of ether oxygens (including phenoxy) is 1. The van der Waals surface area contributed by atoms with Crippen molar-refractivity contribution in [1.29, 1.82) is 0 Å². The standard InChI is InChI=1S/C25H32ClFO5/c1-5-21(31)32-25(20(30)13-26)14(2)10-18-17-7-6-15-11-16(28)8-9-22(15,3)24(17,27)19(29)12-23(18,25)4/h8-9,11,14,17-19,29H,5-7,10,12-13H2,1-4H3/t14-,17+,18-,19-,22+,23+,24+,25+/m1/s1. The van der Waals surface area contributed by atoms with E-state index in [0.717, 1.165) is 0 Å². The van der Waals surface area contributed by atoms with Gasteiger partial charge in [0.15, 0.2) is 22.8 Å². The molecular weight excluding hydrogens is 435 g/mol. The number of hydrogen-bond acceptors (Lipinski definition) is 5. The third-order valence-corrected chi connectivity index (χ3v) is 9.52. The topological polar surface area (TPSA) is 80.7 Å². The Morgan fingerprint density at radius 3 is 2.62 bits per heavy atom. The van der Waals surface area contributed by atoms with E-state index in [1.807, 2.05) is 13.8 Å². The lowest BCUT2D eigenvalue weighted by atomic mass is 9.44. The van der Waals surface area contributed by atoms with Crippen LogP contribution in [0, 0.1) is 28.6 Å². The number of fused-ring (bicyclic) bond motifs is 5. The van der Waals surface area contributed by atoms with Crippen LogP contribution in [0.2, 0.25) is 0 Å². The van der Waals surface area contributed by atoms with Gasteiger partial charge in [-0.25, -0.2) is 4.39 Å². The highest BCUT2D eigenvalue weighted by molar-refractivity contribution is 6.29. The van der Waals surface area contributed by atoms with Gasteiger partial charge in [-0.05, 0) is 50.7 Å². The van der Waals surface area contributed by atoms with Crippen molar-refractivity contribution < 1.29 is 28.6 Å². The van der Waals surface area contributed by atoms with Gasteiger partial charge in [0.25, 0.3) is 0 Å². The molecule has 0 bridgehead atoms. The number of hydrogen-bond donors (Lipinski definition) is 1. The van der Waals surface area contributed by atoms with E-state index in [9.17, 15) is 19.5 Å². The van der Waals surface area contributed by atoms with Crippen molar-refractivity contribution in [1.82, 2.24) is 0 Å². The van der Waals surface area contributed by atoms with Crippen molar-refractivity contribution in [2.75, 3.05) is 5.88 Å². The summed E-state index contributed by atoms with van der Waals surface area (Å²) in [5.74, 6) is -2.57. The SMILES string of the molecule is CCC(=O)O[C@]1(C(=O)CCl)[C@H](C)C[C@@H]2[C@@H]3CCC4=CC(=O)C=C[C@]4(C)[C@@]3(F)[C@H](O)C[C@@]21C. The van der Waals surface area contributed by atoms with Gasteiger partial charge in [0, 0.05) is 29.1 Å². The maximum Gasteiger partial charge on any atom is 0.306 e. The molecule has 4 aliphatic rings. The summed E-state index contributed by atoms with van der Waals surface area (Å²) in [7, 11) is 0. The highest BCUT2D eigenvalue weighted by atomic mass is 35.5. The molecule has 0 radical (unpaired) electrons. The number of aliphatic hydroxyl groups is 1. The van der Waals surface area contributed by atoms with Gasteiger partial charge >= 0.3 is 5.97 Å². The van der Waals surface area contributed by atoms with Gasteiger partial charge in [-0.2, -0.15) is 0 Å². The van der Waals surface area contributed by atoms with E-state index in [1.54, 1.807) is 19.9 Å². The molecule has 0 aromatic rings. The lowest BCUT2D eigenvalue weighted by molar-refractivity contribution is -0.227. The average molecular weight is 467 g/mol. The number of aliphatic hydroxyl groups excluding tert-OH is 1. The van der Waals surface area contributed by atoms with Crippen LogP contribution < -0.4 is 0 Å². The molecule has 0 aromatic carbocycles. The molecular formula is C25H32ClFO5. The fourth-order valence-corrected chi connectivity index (χ4v) is 7.95. The Labute approximate surface area is 193 Å². The Morgan fingerprint density at radius 2 is 2.00 bits per heavy atom. The van der Waals surface area contributed by atoms with Crippen molar-refractivity contribution in [3.63, 3.8) is 0 Å². The third-order valence-electron chi connectivity index (χ3n) is 9.28. The summed E-state index contributed by atoms with van der Waals surface area (Å²) in [6.45, 7) is 7.13. The van der Waals surface area contributed by atoms with Crippen LogP contribution in [0.4, 0.5) is 4.39 Å². The van der Waals surface area contributed by atoms with Gasteiger partial charge in [0.1, 0.15) is 0 Å². The fraction of sp³-hybridized carbons (Fsp3) is 0.720. The van der Waals surface area contributed by atoms with E-state index < -0.39 is 40.1 Å². The van der Waals surface area contributed by atoms with E-state index in [0.29, 0.717) is 24.8 Å². The summed E-state index contributed by atoms with van der Waals surface area (Å²) < 4.78 is 23.1. The molecule has 0 heterocycles. The molecule has 8 atom stereocenters. The first kappa shape index (κ1) is 23.6. The van der Waals surface area contributed by atoms with Crippen LogP contribution in [0.5, 0.6) is 0 Å². The highest BCUT2D eigenvalue weighted by Gasteiger charge is 2.77. The van der Waals surface area contributed by atoms with Crippen LogP contribution in [0.1, 0.15) is 59.8 Å². The van der Waals surface area contributed by atoms with Crippen molar-refractivity contribution in [3.8, 4) is 0 Å². The molecule has 32 heavy (non-hydrogen) atoms. The number of carbonyl (C=O) groups excluding carboxylic acids is 3. The minimum atomic E-state index is -1.99. The highest BCUT2D eigenvalue weighted by Crippen LogP contribution is 2.71. The molecule has 0 aromatic heterocycles. The molecule has 7 heteroatoms. The second-order valence-electron chi connectivity index (χ2n) is 10.5. The van der Waals surface area contributed by atoms with E-state index in [-0.39, 0.29) is 42.1 Å². The quantitative estimate of drug-likeness (QED) is 0.498. The van der Waals surface area contributed by atoms with Gasteiger partial charge in [-0.15, -0.1) is 11.6 Å². The lowest BCUT2D eigenvalue weighted by Gasteiger charge is -2.62. The number of halogens is 2. The zero-order chi connectivity index (χ0) is 23.7. The first-order valence-corrected chi connectivity index (χ1v) is 12.1. The zero-order valence-electron chi connectivity index (χ0n) is 19.1. The second kappa shape index (κ2) is 7.49. The number of Topliss-reactive ketones (excluding diaryl/α,β-unsaturated/α-hetero) is 1. The van der Waals surface area contributed by atoms with E-state index in [2.05, 4.69) is 0 Å². The number of alkyl halides is 2. The number of rotatable bonds is 4. The Bertz CT molecular complexity index is 929. The van der Waals surface area contributed by atoms with Crippen molar-refractivity contribution >= 4 is 29.1 Å². The molecule has 0 unspecified atom stereocenters. The molecule has 4 rings (SSSR count). The van der Waals surface area contributed by atoms with Gasteiger partial charge < -0.3 is 9.84 Å². The minimum absolute atomic E-state index is 0.0285. The monoisotopic (exact) mass is 466 g/mol. The van der Waals surface area contributed by atoms with Gasteiger partial charge in [-0.1, -0.05) is 32.4 Å². The smallest absolute Gasteiger partial charge is 0.306 e.